The summed E-state index contributed by atoms with van der Waals surface area (Å²) < 4.78 is 5.30. The number of carbonyl (C=O) groups excluding carboxylic acids is 1. The monoisotopic (exact) mass is 223 g/mol. The van der Waals surface area contributed by atoms with Crippen LogP contribution < -0.4 is 0 Å². The molecule has 0 heterocycles. The van der Waals surface area contributed by atoms with Crippen molar-refractivity contribution in [3.63, 3.8) is 0 Å². The molecule has 1 atom stereocenters. The van der Waals surface area contributed by atoms with Gasteiger partial charge in [0.15, 0.2) is 0 Å². The zero-order valence-electron chi connectivity index (χ0n) is 11.2. The first-order chi connectivity index (χ1) is 7.37. The Hall–Kier alpha value is -0.725. The summed E-state index contributed by atoms with van der Waals surface area (Å²) in [6, 6.07) is 0. The normalized spacial score (nSPS) is 13.8. The van der Waals surface area contributed by atoms with E-state index in [1.54, 1.807) is 0 Å². The maximum absolute atomic E-state index is 11.6. The summed E-state index contributed by atoms with van der Waals surface area (Å²) in [5.41, 5.74) is -0.381. The van der Waals surface area contributed by atoms with E-state index in [0.29, 0.717) is 0 Å². The van der Waals surface area contributed by atoms with E-state index in [4.69, 9.17) is 4.74 Å². The van der Waals surface area contributed by atoms with Crippen molar-refractivity contribution in [2.45, 2.75) is 59.3 Å². The minimum Gasteiger partial charge on any atom is -0.460 e. The fourth-order valence-electron chi connectivity index (χ4n) is 1.20. The molecule has 0 fully saturated rings. The van der Waals surface area contributed by atoms with Crippen LogP contribution in [0.25, 0.3) is 0 Å². The lowest BCUT2D eigenvalue weighted by molar-refractivity contribution is -0.158. The van der Waals surface area contributed by atoms with Crippen LogP contribution in [-0.4, -0.2) is 18.8 Å². The standard InChI is InChI=1S/C13H24BO2/c1-6-7-8-9-14-10-11(2)12(15)16-13(3,4)5/h7-8,11H,6,9-10H2,1-5H3/b8-7+. The first kappa shape index (κ1) is 15.3. The van der Waals surface area contributed by atoms with Gasteiger partial charge < -0.3 is 4.74 Å². The fourth-order valence-corrected chi connectivity index (χ4v) is 1.20. The second-order valence-electron chi connectivity index (χ2n) is 5.07. The Morgan fingerprint density at radius 3 is 2.50 bits per heavy atom. The number of hydrogen-bond acceptors (Lipinski definition) is 2. The molecule has 0 amide bonds. The Morgan fingerprint density at radius 2 is 2.00 bits per heavy atom. The van der Waals surface area contributed by atoms with E-state index in [1.807, 2.05) is 27.7 Å². The number of allylic oxidation sites excluding steroid dienone is 2. The van der Waals surface area contributed by atoms with Gasteiger partial charge in [0.1, 0.15) is 12.9 Å². The maximum Gasteiger partial charge on any atom is 0.308 e. The minimum atomic E-state index is -0.381. The molecule has 0 rings (SSSR count). The lowest BCUT2D eigenvalue weighted by Crippen LogP contribution is -2.28. The Kier molecular flexibility index (Phi) is 7.19. The Balaban J connectivity index is 3.76. The summed E-state index contributed by atoms with van der Waals surface area (Å²) in [4.78, 5) is 11.6. The highest BCUT2D eigenvalue weighted by Crippen LogP contribution is 2.13. The van der Waals surface area contributed by atoms with Gasteiger partial charge >= 0.3 is 5.97 Å². The van der Waals surface area contributed by atoms with Crippen molar-refractivity contribution in [2.24, 2.45) is 5.92 Å². The number of hydrogen-bond donors (Lipinski definition) is 0. The summed E-state index contributed by atoms with van der Waals surface area (Å²) >= 11 is 0. The molecule has 0 N–H and O–H groups in total. The second-order valence-corrected chi connectivity index (χ2v) is 5.07. The molecule has 0 saturated carbocycles. The van der Waals surface area contributed by atoms with Crippen LogP contribution in [0.1, 0.15) is 41.0 Å². The predicted molar refractivity (Wildman–Crippen MR) is 69.8 cm³/mol. The molecule has 0 aromatic carbocycles. The highest BCUT2D eigenvalue weighted by Gasteiger charge is 2.20. The van der Waals surface area contributed by atoms with Crippen LogP contribution in [0.15, 0.2) is 12.2 Å². The lowest BCUT2D eigenvalue weighted by atomic mass is 9.67. The van der Waals surface area contributed by atoms with Gasteiger partial charge in [-0.05, 0) is 27.2 Å². The van der Waals surface area contributed by atoms with Crippen molar-refractivity contribution in [3.05, 3.63) is 12.2 Å². The van der Waals surface area contributed by atoms with Crippen LogP contribution in [-0.2, 0) is 9.53 Å². The number of esters is 1. The molecular weight excluding hydrogens is 199 g/mol. The highest BCUT2D eigenvalue weighted by atomic mass is 16.6. The van der Waals surface area contributed by atoms with Gasteiger partial charge in [-0.15, -0.1) is 0 Å². The van der Waals surface area contributed by atoms with Crippen LogP contribution in [0.3, 0.4) is 0 Å². The largest absolute Gasteiger partial charge is 0.460 e. The molecule has 3 heteroatoms. The maximum atomic E-state index is 11.6. The Labute approximate surface area is 101 Å². The predicted octanol–water partition coefficient (Wildman–Crippen LogP) is 3.47. The zero-order chi connectivity index (χ0) is 12.6. The molecule has 0 spiro atoms. The van der Waals surface area contributed by atoms with Gasteiger partial charge in [0.25, 0.3) is 0 Å². The van der Waals surface area contributed by atoms with E-state index in [-0.39, 0.29) is 17.5 Å². The topological polar surface area (TPSA) is 26.3 Å². The molecular formula is C13H24BO2. The zero-order valence-corrected chi connectivity index (χ0v) is 11.2. The summed E-state index contributed by atoms with van der Waals surface area (Å²) in [6.45, 7) is 9.70. The third-order valence-electron chi connectivity index (χ3n) is 2.03. The summed E-state index contributed by atoms with van der Waals surface area (Å²) in [5.74, 6) is -0.155. The van der Waals surface area contributed by atoms with Gasteiger partial charge in [0, 0.05) is 5.92 Å². The summed E-state index contributed by atoms with van der Waals surface area (Å²) in [5, 5.41) is 0. The van der Waals surface area contributed by atoms with E-state index in [0.717, 1.165) is 19.1 Å². The lowest BCUT2D eigenvalue weighted by Gasteiger charge is -2.22. The highest BCUT2D eigenvalue weighted by molar-refractivity contribution is 6.36. The van der Waals surface area contributed by atoms with E-state index in [1.165, 1.54) is 0 Å². The van der Waals surface area contributed by atoms with Gasteiger partial charge in [-0.3, -0.25) is 4.79 Å². The van der Waals surface area contributed by atoms with Crippen molar-refractivity contribution in [3.8, 4) is 0 Å². The van der Waals surface area contributed by atoms with Gasteiger partial charge in [-0.1, -0.05) is 38.6 Å². The molecule has 0 saturated heterocycles. The summed E-state index contributed by atoms with van der Waals surface area (Å²) in [7, 11) is 2.13. The van der Waals surface area contributed by atoms with Gasteiger partial charge in [0.2, 0.25) is 0 Å². The number of carbonyl (C=O) groups is 1. The molecule has 0 aliphatic heterocycles. The average molecular weight is 223 g/mol. The van der Waals surface area contributed by atoms with Crippen LogP contribution in [0.4, 0.5) is 0 Å². The number of ether oxygens (including phenoxy) is 1. The quantitative estimate of drug-likeness (QED) is 0.298. The van der Waals surface area contributed by atoms with Crippen LogP contribution in [0.2, 0.25) is 12.6 Å². The summed E-state index contributed by atoms with van der Waals surface area (Å²) in [6.07, 6.45) is 7.04. The first-order valence-electron chi connectivity index (χ1n) is 6.06. The third kappa shape index (κ3) is 8.57. The molecule has 1 unspecified atom stereocenters. The first-order valence-corrected chi connectivity index (χ1v) is 6.06. The van der Waals surface area contributed by atoms with Gasteiger partial charge in [0.05, 0.1) is 0 Å². The van der Waals surface area contributed by atoms with E-state index < -0.39 is 0 Å². The molecule has 0 aliphatic carbocycles. The van der Waals surface area contributed by atoms with Crippen LogP contribution in [0.5, 0.6) is 0 Å². The van der Waals surface area contributed by atoms with Crippen molar-refractivity contribution >= 4 is 13.2 Å². The molecule has 16 heavy (non-hydrogen) atoms. The van der Waals surface area contributed by atoms with Crippen molar-refractivity contribution in [2.75, 3.05) is 0 Å². The molecule has 0 aromatic rings. The minimum absolute atomic E-state index is 0.0470. The van der Waals surface area contributed by atoms with E-state index >= 15 is 0 Å². The SMILES string of the molecule is CC/C=C/C[B]CC(C)C(=O)OC(C)(C)C. The molecule has 0 bridgehead atoms. The Morgan fingerprint density at radius 1 is 1.38 bits per heavy atom. The molecule has 1 radical (unpaired) electrons. The average Bonchev–Trinajstić information content (AvgIpc) is 2.14. The van der Waals surface area contributed by atoms with Gasteiger partial charge in [-0.25, -0.2) is 0 Å². The van der Waals surface area contributed by atoms with Crippen molar-refractivity contribution in [1.82, 2.24) is 0 Å². The Bertz CT molecular complexity index is 229. The molecule has 91 valence electrons. The van der Waals surface area contributed by atoms with Crippen molar-refractivity contribution in [1.29, 1.82) is 0 Å². The van der Waals surface area contributed by atoms with Crippen LogP contribution in [0, 0.1) is 5.92 Å². The van der Waals surface area contributed by atoms with E-state index in [2.05, 4.69) is 26.4 Å². The van der Waals surface area contributed by atoms with Crippen molar-refractivity contribution < 1.29 is 9.53 Å². The third-order valence-corrected chi connectivity index (χ3v) is 2.03. The fraction of sp³-hybridized carbons (Fsp3) is 0.769. The van der Waals surface area contributed by atoms with E-state index in [9.17, 15) is 4.79 Å². The molecule has 0 aromatic heterocycles. The van der Waals surface area contributed by atoms with Gasteiger partial charge in [-0.2, -0.15) is 0 Å². The number of rotatable bonds is 6. The molecule has 2 nitrogen and oxygen atoms in total. The molecule has 0 aliphatic rings. The second kappa shape index (κ2) is 7.53. The van der Waals surface area contributed by atoms with Crippen LogP contribution >= 0.6 is 0 Å². The smallest absolute Gasteiger partial charge is 0.308 e.